The van der Waals surface area contributed by atoms with E-state index >= 15 is 0 Å². The number of aryl methyl sites for hydroxylation is 1. The van der Waals surface area contributed by atoms with E-state index in [0.717, 1.165) is 35.5 Å². The van der Waals surface area contributed by atoms with Crippen LogP contribution in [-0.2, 0) is 21.1 Å². The van der Waals surface area contributed by atoms with E-state index in [1.807, 2.05) is 43.5 Å². The van der Waals surface area contributed by atoms with Gasteiger partial charge in [-0.3, -0.25) is 4.79 Å². The number of anilines is 2. The van der Waals surface area contributed by atoms with Gasteiger partial charge in [-0.2, -0.15) is 0 Å². The number of ketones is 1. The van der Waals surface area contributed by atoms with E-state index < -0.39 is 9.84 Å². The Hall–Kier alpha value is -3.19. The first-order valence-electron chi connectivity index (χ1n) is 10.6. The molecular formula is C25H26N2O4S. The van der Waals surface area contributed by atoms with Crippen molar-refractivity contribution >= 4 is 27.1 Å². The molecule has 1 unspecified atom stereocenters. The summed E-state index contributed by atoms with van der Waals surface area (Å²) < 4.78 is 29.5. The molecule has 1 saturated carbocycles. The number of pyridine rings is 1. The Morgan fingerprint density at radius 2 is 1.88 bits per heavy atom. The maximum absolute atomic E-state index is 11.8. The van der Waals surface area contributed by atoms with Crippen LogP contribution >= 0.6 is 0 Å². The summed E-state index contributed by atoms with van der Waals surface area (Å²) in [7, 11) is -3.26. The molecule has 1 heterocycles. The highest BCUT2D eigenvalue weighted by Crippen LogP contribution is 2.34. The van der Waals surface area contributed by atoms with Crippen LogP contribution in [0.4, 0.5) is 11.5 Å². The van der Waals surface area contributed by atoms with Crippen molar-refractivity contribution in [1.82, 2.24) is 4.98 Å². The molecule has 166 valence electrons. The molecule has 0 aliphatic heterocycles. The van der Waals surface area contributed by atoms with E-state index in [9.17, 15) is 13.2 Å². The van der Waals surface area contributed by atoms with Crippen molar-refractivity contribution in [2.45, 2.75) is 37.5 Å². The first-order chi connectivity index (χ1) is 15.3. The van der Waals surface area contributed by atoms with Gasteiger partial charge in [0.25, 0.3) is 0 Å². The molecule has 0 amide bonds. The first kappa shape index (κ1) is 22.0. The number of hydrogen-bond donors (Lipinski definition) is 1. The maximum atomic E-state index is 11.8. The number of Topliss-reactive ketones (excluding diaryl/α,β-unsaturated/α-hetero) is 1. The molecule has 4 rings (SSSR count). The van der Waals surface area contributed by atoms with Gasteiger partial charge in [0.15, 0.2) is 9.84 Å². The quantitative estimate of drug-likeness (QED) is 0.530. The summed E-state index contributed by atoms with van der Waals surface area (Å²) in [6, 6.07) is 16.2. The Balaban J connectivity index is 1.59. The number of benzene rings is 2. The summed E-state index contributed by atoms with van der Waals surface area (Å²) in [6.45, 7) is 1.99. The van der Waals surface area contributed by atoms with Crippen LogP contribution in [-0.4, -0.2) is 25.4 Å². The predicted molar refractivity (Wildman–Crippen MR) is 124 cm³/mol. The fraction of sp³-hybridized carbons (Fsp3) is 0.280. The zero-order chi connectivity index (χ0) is 22.7. The van der Waals surface area contributed by atoms with E-state index in [1.54, 1.807) is 24.3 Å². The molecule has 0 saturated heterocycles. The van der Waals surface area contributed by atoms with E-state index in [-0.39, 0.29) is 4.90 Å². The molecule has 1 fully saturated rings. The van der Waals surface area contributed by atoms with Crippen molar-refractivity contribution in [3.05, 3.63) is 71.9 Å². The molecule has 6 nitrogen and oxygen atoms in total. The smallest absolute Gasteiger partial charge is 0.175 e. The van der Waals surface area contributed by atoms with Gasteiger partial charge < -0.3 is 10.1 Å². The Morgan fingerprint density at radius 3 is 2.50 bits per heavy atom. The zero-order valence-corrected chi connectivity index (χ0v) is 19.0. The number of sulfone groups is 1. The van der Waals surface area contributed by atoms with Crippen LogP contribution in [0.2, 0.25) is 0 Å². The standard InChI is InChI=1S/C25H26N2O4S/c1-17-3-12-25(26-16-17)27-20-5-11-24(19(15-20)13-18-4-6-21(28)14-18)31-22-7-9-23(10-8-22)32(2,29)30/h3,5,7-12,15-16,18H,4,6,13-14H2,1-2H3,(H,26,27). The monoisotopic (exact) mass is 450 g/mol. The topological polar surface area (TPSA) is 85.4 Å². The van der Waals surface area contributed by atoms with Crippen molar-refractivity contribution in [2.24, 2.45) is 5.92 Å². The van der Waals surface area contributed by atoms with E-state index in [4.69, 9.17) is 4.74 Å². The molecule has 1 N–H and O–H groups in total. The summed E-state index contributed by atoms with van der Waals surface area (Å²) in [5.74, 6) is 2.61. The highest BCUT2D eigenvalue weighted by molar-refractivity contribution is 7.90. The summed E-state index contributed by atoms with van der Waals surface area (Å²) in [6.07, 6.45) is 5.85. The van der Waals surface area contributed by atoms with E-state index in [1.165, 1.54) is 6.26 Å². The Labute approximate surface area is 188 Å². The van der Waals surface area contributed by atoms with Gasteiger partial charge in [-0.15, -0.1) is 0 Å². The molecule has 1 atom stereocenters. The third kappa shape index (κ3) is 5.53. The van der Waals surface area contributed by atoms with Gasteiger partial charge in [0.05, 0.1) is 4.90 Å². The lowest BCUT2D eigenvalue weighted by Gasteiger charge is -2.16. The van der Waals surface area contributed by atoms with Crippen LogP contribution in [0.25, 0.3) is 0 Å². The van der Waals surface area contributed by atoms with Gasteiger partial charge in [-0.1, -0.05) is 6.07 Å². The number of carbonyl (C=O) groups excluding carboxylic acids is 1. The van der Waals surface area contributed by atoms with Crippen molar-refractivity contribution in [3.8, 4) is 11.5 Å². The van der Waals surface area contributed by atoms with E-state index in [2.05, 4.69) is 10.3 Å². The van der Waals surface area contributed by atoms with Crippen LogP contribution < -0.4 is 10.1 Å². The zero-order valence-electron chi connectivity index (χ0n) is 18.2. The molecule has 32 heavy (non-hydrogen) atoms. The molecule has 1 aromatic heterocycles. The lowest BCUT2D eigenvalue weighted by molar-refractivity contribution is -0.117. The van der Waals surface area contributed by atoms with Crippen molar-refractivity contribution in [3.63, 3.8) is 0 Å². The SMILES string of the molecule is Cc1ccc(Nc2ccc(Oc3ccc(S(C)(=O)=O)cc3)c(CC3CCC(=O)C3)c2)nc1. The third-order valence-electron chi connectivity index (χ3n) is 5.58. The number of nitrogens with zero attached hydrogens (tertiary/aromatic N) is 1. The molecule has 3 aromatic rings. The largest absolute Gasteiger partial charge is 0.457 e. The van der Waals surface area contributed by atoms with Crippen LogP contribution in [0.3, 0.4) is 0 Å². The summed E-state index contributed by atoms with van der Waals surface area (Å²) in [4.78, 5) is 16.4. The molecule has 0 bridgehead atoms. The van der Waals surface area contributed by atoms with E-state index in [0.29, 0.717) is 36.0 Å². The second-order valence-corrected chi connectivity index (χ2v) is 10.4. The van der Waals surface area contributed by atoms with Crippen molar-refractivity contribution < 1.29 is 17.9 Å². The molecule has 1 aliphatic carbocycles. The van der Waals surface area contributed by atoms with Gasteiger partial charge in [0, 0.05) is 31.0 Å². The van der Waals surface area contributed by atoms with Gasteiger partial charge in [0.2, 0.25) is 0 Å². The third-order valence-corrected chi connectivity index (χ3v) is 6.71. The Bertz CT molecular complexity index is 1220. The Kier molecular flexibility index (Phi) is 6.28. The fourth-order valence-electron chi connectivity index (χ4n) is 3.86. The number of nitrogens with one attached hydrogen (secondary N) is 1. The summed E-state index contributed by atoms with van der Waals surface area (Å²) in [5, 5.41) is 3.32. The van der Waals surface area contributed by atoms with Gasteiger partial charge in [-0.05, 0) is 85.3 Å². The molecule has 7 heteroatoms. The lowest BCUT2D eigenvalue weighted by Crippen LogP contribution is -2.04. The molecule has 0 radical (unpaired) electrons. The molecule has 1 aliphatic rings. The average molecular weight is 451 g/mol. The molecular weight excluding hydrogens is 424 g/mol. The number of rotatable bonds is 7. The maximum Gasteiger partial charge on any atom is 0.175 e. The second kappa shape index (κ2) is 9.12. The van der Waals surface area contributed by atoms with Crippen LogP contribution in [0.15, 0.2) is 65.7 Å². The molecule has 0 spiro atoms. The highest BCUT2D eigenvalue weighted by atomic mass is 32.2. The average Bonchev–Trinajstić information content (AvgIpc) is 3.16. The summed E-state index contributed by atoms with van der Waals surface area (Å²) >= 11 is 0. The highest BCUT2D eigenvalue weighted by Gasteiger charge is 2.23. The lowest BCUT2D eigenvalue weighted by atomic mass is 9.97. The minimum absolute atomic E-state index is 0.250. The van der Waals surface area contributed by atoms with Crippen molar-refractivity contribution in [1.29, 1.82) is 0 Å². The number of carbonyl (C=O) groups is 1. The fourth-order valence-corrected chi connectivity index (χ4v) is 4.49. The second-order valence-electron chi connectivity index (χ2n) is 8.37. The Morgan fingerprint density at radius 1 is 1.09 bits per heavy atom. The first-order valence-corrected chi connectivity index (χ1v) is 12.5. The van der Waals surface area contributed by atoms with Crippen LogP contribution in [0.1, 0.15) is 30.4 Å². The number of aromatic nitrogens is 1. The van der Waals surface area contributed by atoms with Gasteiger partial charge in [-0.25, -0.2) is 13.4 Å². The van der Waals surface area contributed by atoms with Gasteiger partial charge >= 0.3 is 0 Å². The number of ether oxygens (including phenoxy) is 1. The minimum atomic E-state index is -3.26. The van der Waals surface area contributed by atoms with Gasteiger partial charge in [0.1, 0.15) is 23.1 Å². The molecule has 2 aromatic carbocycles. The van der Waals surface area contributed by atoms with Crippen LogP contribution in [0, 0.1) is 12.8 Å². The normalized spacial score (nSPS) is 16.2. The minimum Gasteiger partial charge on any atom is -0.457 e. The number of hydrogen-bond acceptors (Lipinski definition) is 6. The van der Waals surface area contributed by atoms with Crippen molar-refractivity contribution in [2.75, 3.05) is 11.6 Å². The van der Waals surface area contributed by atoms with Crippen LogP contribution in [0.5, 0.6) is 11.5 Å². The predicted octanol–water partition coefficient (Wildman–Crippen LogP) is 5.24. The summed E-state index contributed by atoms with van der Waals surface area (Å²) in [5.41, 5.74) is 2.97.